The Morgan fingerprint density at radius 3 is 1.58 bits per heavy atom. The summed E-state index contributed by atoms with van der Waals surface area (Å²) >= 11 is 0. The van der Waals surface area contributed by atoms with Gasteiger partial charge < -0.3 is 34.8 Å². The van der Waals surface area contributed by atoms with Crippen molar-refractivity contribution in [3.8, 4) is 34.9 Å². The third-order valence-electron chi connectivity index (χ3n) is 12.8. The molecule has 4 aromatic carbocycles. The first-order valence-corrected chi connectivity index (χ1v) is 22.4. The van der Waals surface area contributed by atoms with Gasteiger partial charge in [0, 0.05) is 42.6 Å². The molecule has 2 aromatic heterocycles. The topological polar surface area (TPSA) is 193 Å². The minimum absolute atomic E-state index is 0. The lowest BCUT2D eigenvalue weighted by Crippen LogP contribution is -2.37. The van der Waals surface area contributed by atoms with Crippen LogP contribution in [0.2, 0.25) is 0 Å². The number of rotatable bonds is 6. The number of hydrogen-bond donors (Lipinski definition) is 4. The van der Waals surface area contributed by atoms with E-state index < -0.39 is 5.97 Å². The highest BCUT2D eigenvalue weighted by molar-refractivity contribution is 5.95. The van der Waals surface area contributed by atoms with Crippen molar-refractivity contribution in [3.63, 3.8) is 0 Å². The number of aryl methyl sites for hydroxylation is 2. The molecule has 0 saturated carbocycles. The minimum Gasteiger partial charge on any atom is -0.478 e. The lowest BCUT2D eigenvalue weighted by Gasteiger charge is -2.32. The molecule has 2 fully saturated rings. The molecule has 6 aromatic rings. The largest absolute Gasteiger partial charge is 0.478 e. The lowest BCUT2D eigenvalue weighted by atomic mass is 9.89. The van der Waals surface area contributed by atoms with Crippen LogP contribution in [0.3, 0.4) is 0 Å². The van der Waals surface area contributed by atoms with Crippen molar-refractivity contribution in [2.75, 3.05) is 39.4 Å². The molecule has 1 amide bonds. The molecule has 0 atom stereocenters. The smallest absolute Gasteiger partial charge is 0.335 e. The van der Waals surface area contributed by atoms with Gasteiger partial charge in [-0.25, -0.2) is 14.8 Å². The second-order valence-corrected chi connectivity index (χ2v) is 17.0. The lowest BCUT2D eigenvalue weighted by molar-refractivity contribution is 0.0693. The zero-order valence-electron chi connectivity index (χ0n) is 37.4. The molecule has 10 rings (SSSR count). The number of aromatic nitrogens is 4. The van der Waals surface area contributed by atoms with Gasteiger partial charge in [0.2, 0.25) is 0 Å². The van der Waals surface area contributed by atoms with Gasteiger partial charge in [0.1, 0.15) is 11.6 Å². The Hall–Kier alpha value is -6.61. The first-order valence-electron chi connectivity index (χ1n) is 22.4. The molecule has 14 heteroatoms. The fourth-order valence-electron chi connectivity index (χ4n) is 8.92. The molecule has 2 saturated heterocycles. The highest BCUT2D eigenvalue weighted by Crippen LogP contribution is 2.31. The van der Waals surface area contributed by atoms with E-state index in [-0.39, 0.29) is 23.9 Å². The van der Waals surface area contributed by atoms with E-state index in [1.54, 1.807) is 18.2 Å². The summed E-state index contributed by atoms with van der Waals surface area (Å²) in [6.45, 7) is 10.2. The standard InChI is InChI=1S/C26H26N4O2.C14H14N2O3.C12H14N2.ClH/c1-17-2-5-21(14-22(17)25-28-23-10-13-32-16-24(23)29-25)26(31)30-11-8-20(9-12-30)19-6-3-18(15-27)4-7-19;1-8-2-3-9(14(17)18)6-10(8)13-15-11-4-5-19-7-12(11)16-13;13-9-10-1-3-11(4-2-10)12-5-7-14-8-6-12;/h2-7,14,20H,8-13,16H2,1H3,(H,28,29);2-3,6H,4-5,7H2,1H3,(H,15,16)(H,17,18);1-4,12,14H,5-8H2;1H. The molecule has 340 valence electrons. The summed E-state index contributed by atoms with van der Waals surface area (Å²) in [5.41, 5.74) is 13.0. The van der Waals surface area contributed by atoms with Gasteiger partial charge in [0.25, 0.3) is 5.91 Å². The van der Waals surface area contributed by atoms with Gasteiger partial charge in [-0.3, -0.25) is 4.79 Å². The molecule has 0 aliphatic carbocycles. The second kappa shape index (κ2) is 22.1. The Kier molecular flexibility index (Phi) is 15.8. The molecule has 0 bridgehead atoms. The van der Waals surface area contributed by atoms with Crippen LogP contribution in [-0.2, 0) is 35.5 Å². The maximum Gasteiger partial charge on any atom is 0.335 e. The van der Waals surface area contributed by atoms with Gasteiger partial charge in [-0.15, -0.1) is 12.4 Å². The van der Waals surface area contributed by atoms with Crippen LogP contribution >= 0.6 is 12.4 Å². The number of aromatic amines is 2. The van der Waals surface area contributed by atoms with Crippen molar-refractivity contribution < 1.29 is 24.2 Å². The van der Waals surface area contributed by atoms with Gasteiger partial charge in [-0.1, -0.05) is 36.4 Å². The molecule has 0 radical (unpaired) electrons. The Balaban J connectivity index is 0.000000161. The van der Waals surface area contributed by atoms with E-state index in [9.17, 15) is 9.59 Å². The normalized spacial score (nSPS) is 15.8. The maximum atomic E-state index is 13.3. The average molecular weight is 908 g/mol. The van der Waals surface area contributed by atoms with Gasteiger partial charge in [-0.05, 0) is 135 Å². The number of nitriles is 2. The highest BCUT2D eigenvalue weighted by Gasteiger charge is 2.26. The van der Waals surface area contributed by atoms with Crippen molar-refractivity contribution in [1.82, 2.24) is 30.2 Å². The number of carbonyl (C=O) groups excluding carboxylic acids is 1. The summed E-state index contributed by atoms with van der Waals surface area (Å²) < 4.78 is 10.9. The third kappa shape index (κ3) is 11.2. The van der Waals surface area contributed by atoms with Crippen LogP contribution in [0.5, 0.6) is 0 Å². The van der Waals surface area contributed by atoms with E-state index in [1.165, 1.54) is 24.0 Å². The van der Waals surface area contributed by atoms with Crippen LogP contribution in [-0.4, -0.2) is 81.2 Å². The first-order chi connectivity index (χ1) is 31.7. The SMILES string of the molecule is Cc1ccc(C(=O)N2CCC(c3ccc(C#N)cc3)CC2)cc1-c1nc2c([nH]1)COCC2.Cc1ccc(C(=O)O)cc1-c1nc2c([nH]1)COCC2.Cl.N#Cc1ccc(C2CCNCC2)cc1. The number of ether oxygens (including phenoxy) is 2. The molecule has 4 aliphatic heterocycles. The van der Waals surface area contributed by atoms with Crippen LogP contribution in [0.15, 0.2) is 84.9 Å². The van der Waals surface area contributed by atoms with Gasteiger partial charge in [0.05, 0.1) is 78.0 Å². The van der Waals surface area contributed by atoms with Crippen LogP contribution in [0.4, 0.5) is 0 Å². The maximum absolute atomic E-state index is 13.3. The molecule has 0 unspecified atom stereocenters. The number of imidazole rings is 2. The summed E-state index contributed by atoms with van der Waals surface area (Å²) in [4.78, 5) is 42.2. The van der Waals surface area contributed by atoms with Gasteiger partial charge >= 0.3 is 5.97 Å². The number of carboxylic acids is 1. The van der Waals surface area contributed by atoms with Crippen LogP contribution in [0.1, 0.15) is 114 Å². The fourth-order valence-corrected chi connectivity index (χ4v) is 8.92. The zero-order valence-corrected chi connectivity index (χ0v) is 38.2. The Bertz CT molecular complexity index is 2670. The summed E-state index contributed by atoms with van der Waals surface area (Å²) in [6, 6.07) is 31.1. The molecule has 4 N–H and O–H groups in total. The first kappa shape index (κ1) is 47.4. The quantitative estimate of drug-likeness (QED) is 0.125. The number of amides is 1. The number of nitrogens with one attached hydrogen (secondary N) is 3. The summed E-state index contributed by atoms with van der Waals surface area (Å²) in [5, 5.41) is 30.1. The minimum atomic E-state index is -0.930. The number of halogens is 1. The van der Waals surface area contributed by atoms with E-state index in [2.05, 4.69) is 44.5 Å². The number of carboxylic acid groups (broad SMARTS) is 1. The predicted molar refractivity (Wildman–Crippen MR) is 253 cm³/mol. The Labute approximate surface area is 391 Å². The molecule has 13 nitrogen and oxygen atoms in total. The number of H-pyrrole nitrogens is 2. The van der Waals surface area contributed by atoms with Crippen molar-refractivity contribution in [2.45, 2.75) is 77.4 Å². The Morgan fingerprint density at radius 1 is 0.667 bits per heavy atom. The molecule has 4 aliphatic rings. The van der Waals surface area contributed by atoms with E-state index in [0.717, 1.165) is 114 Å². The molecule has 66 heavy (non-hydrogen) atoms. The average Bonchev–Trinajstić information content (AvgIpc) is 4.00. The molecular formula is C52H55ClN8O5. The van der Waals surface area contributed by atoms with Gasteiger partial charge in [0.15, 0.2) is 0 Å². The number of piperidine rings is 2. The summed E-state index contributed by atoms with van der Waals surface area (Å²) in [5.74, 6) is 1.79. The second-order valence-electron chi connectivity index (χ2n) is 17.0. The number of nitrogens with zero attached hydrogens (tertiary/aromatic N) is 5. The van der Waals surface area contributed by atoms with Gasteiger partial charge in [-0.2, -0.15) is 10.5 Å². The fraction of sp³-hybridized carbons (Fsp3) is 0.346. The monoisotopic (exact) mass is 906 g/mol. The third-order valence-corrected chi connectivity index (χ3v) is 12.8. The zero-order chi connectivity index (χ0) is 45.3. The number of hydrogen-bond acceptors (Lipinski definition) is 9. The van der Waals surface area contributed by atoms with Crippen LogP contribution in [0, 0.1) is 36.5 Å². The van der Waals surface area contributed by atoms with Crippen molar-refractivity contribution in [1.29, 1.82) is 10.5 Å². The highest BCUT2D eigenvalue weighted by atomic mass is 35.5. The molecular weight excluding hydrogens is 852 g/mol. The van der Waals surface area contributed by atoms with E-state index in [1.807, 2.05) is 73.3 Å². The van der Waals surface area contributed by atoms with Crippen molar-refractivity contribution >= 4 is 24.3 Å². The van der Waals surface area contributed by atoms with E-state index >= 15 is 0 Å². The van der Waals surface area contributed by atoms with Crippen molar-refractivity contribution in [2.24, 2.45) is 0 Å². The number of aromatic carboxylic acids is 1. The number of benzene rings is 4. The molecule has 0 spiro atoms. The number of fused-ring (bicyclic) bond motifs is 2. The summed E-state index contributed by atoms with van der Waals surface area (Å²) in [7, 11) is 0. The number of likely N-dealkylation sites (tertiary alicyclic amines) is 1. The molecule has 6 heterocycles. The van der Waals surface area contributed by atoms with E-state index in [4.69, 9.17) is 30.1 Å². The van der Waals surface area contributed by atoms with Crippen molar-refractivity contribution in [3.05, 3.63) is 152 Å². The van der Waals surface area contributed by atoms with Crippen LogP contribution in [0.25, 0.3) is 22.8 Å². The Morgan fingerprint density at radius 2 is 1.12 bits per heavy atom. The summed E-state index contributed by atoms with van der Waals surface area (Å²) in [6.07, 6.45) is 5.90. The van der Waals surface area contributed by atoms with Crippen LogP contribution < -0.4 is 5.32 Å². The van der Waals surface area contributed by atoms with E-state index in [0.29, 0.717) is 49.4 Å². The predicted octanol–water partition coefficient (Wildman–Crippen LogP) is 8.95. The number of carbonyl (C=O) groups is 2.